The Bertz CT molecular complexity index is 1170. The molecule has 4 rings (SSSR count). The van der Waals surface area contributed by atoms with Crippen LogP contribution in [0.2, 0.25) is 10.0 Å². The number of nitrogens with zero attached hydrogens (tertiary/aromatic N) is 3. The van der Waals surface area contributed by atoms with Gasteiger partial charge in [-0.15, -0.1) is 12.4 Å². The van der Waals surface area contributed by atoms with Gasteiger partial charge in [0.1, 0.15) is 0 Å². The van der Waals surface area contributed by atoms with E-state index in [1.54, 1.807) is 0 Å². The van der Waals surface area contributed by atoms with E-state index in [-0.39, 0.29) is 18.3 Å². The summed E-state index contributed by atoms with van der Waals surface area (Å²) in [6.07, 6.45) is 1.02. The average Bonchev–Trinajstić information content (AvgIpc) is 3.11. The zero-order valence-corrected chi connectivity index (χ0v) is 23.5. The Morgan fingerprint density at radius 3 is 2.31 bits per heavy atom. The number of amides is 1. The predicted octanol–water partition coefficient (Wildman–Crippen LogP) is 6.46. The van der Waals surface area contributed by atoms with Crippen LogP contribution in [0.25, 0.3) is 11.3 Å². The van der Waals surface area contributed by atoms with E-state index in [0.717, 1.165) is 79.5 Å². The number of nitrogens with one attached hydrogen (secondary N) is 1. The van der Waals surface area contributed by atoms with Crippen LogP contribution in [0.4, 0.5) is 5.69 Å². The van der Waals surface area contributed by atoms with E-state index in [1.165, 1.54) is 0 Å². The van der Waals surface area contributed by atoms with Gasteiger partial charge < -0.3 is 14.8 Å². The second-order valence-electron chi connectivity index (χ2n) is 9.11. The van der Waals surface area contributed by atoms with Crippen molar-refractivity contribution < 1.29 is 4.79 Å². The summed E-state index contributed by atoms with van der Waals surface area (Å²) in [5, 5.41) is 4.38. The molecule has 1 aliphatic rings. The lowest BCUT2D eigenvalue weighted by Gasteiger charge is -2.36. The lowest BCUT2D eigenvalue weighted by atomic mass is 10.0. The summed E-state index contributed by atoms with van der Waals surface area (Å²) in [5.74, 6) is 0.0105. The number of halogens is 3. The van der Waals surface area contributed by atoms with E-state index in [1.807, 2.05) is 36.4 Å². The highest BCUT2D eigenvalue weighted by atomic mass is 35.5. The van der Waals surface area contributed by atoms with Gasteiger partial charge in [0, 0.05) is 51.5 Å². The Hall–Kier alpha value is -2.18. The molecule has 1 amide bonds. The highest BCUT2D eigenvalue weighted by molar-refractivity contribution is 6.43. The first-order valence-electron chi connectivity index (χ1n) is 12.4. The molecule has 1 aliphatic heterocycles. The fraction of sp³-hybridized carbons (Fsp3) is 0.393. The van der Waals surface area contributed by atoms with Gasteiger partial charge in [-0.3, -0.25) is 9.69 Å². The summed E-state index contributed by atoms with van der Waals surface area (Å²) in [6.45, 7) is 12.2. The van der Waals surface area contributed by atoms with E-state index in [9.17, 15) is 4.79 Å². The zero-order chi connectivity index (χ0) is 24.9. The quantitative estimate of drug-likeness (QED) is 0.350. The van der Waals surface area contributed by atoms with E-state index < -0.39 is 0 Å². The maximum Gasteiger partial charge on any atom is 0.253 e. The van der Waals surface area contributed by atoms with Gasteiger partial charge in [0.15, 0.2) is 0 Å². The second kappa shape index (κ2) is 12.9. The van der Waals surface area contributed by atoms with Gasteiger partial charge in [-0.25, -0.2) is 0 Å². The Kier molecular flexibility index (Phi) is 10.1. The van der Waals surface area contributed by atoms with Crippen LogP contribution < -0.4 is 10.2 Å². The summed E-state index contributed by atoms with van der Waals surface area (Å²) in [4.78, 5) is 17.9. The molecular weight excluding hydrogens is 515 g/mol. The molecule has 0 bridgehead atoms. The van der Waals surface area contributed by atoms with Crippen LogP contribution in [0, 0.1) is 13.8 Å². The third-order valence-electron chi connectivity index (χ3n) is 6.85. The molecule has 0 atom stereocenters. The molecule has 1 saturated heterocycles. The first-order valence-corrected chi connectivity index (χ1v) is 13.1. The summed E-state index contributed by atoms with van der Waals surface area (Å²) in [6, 6.07) is 16.1. The largest absolute Gasteiger partial charge is 0.368 e. The van der Waals surface area contributed by atoms with Gasteiger partial charge in [0.05, 0.1) is 27.0 Å². The van der Waals surface area contributed by atoms with Crippen molar-refractivity contribution in [2.45, 2.75) is 33.7 Å². The minimum Gasteiger partial charge on any atom is -0.368 e. The van der Waals surface area contributed by atoms with Crippen LogP contribution >= 0.6 is 35.6 Å². The summed E-state index contributed by atoms with van der Waals surface area (Å²) in [5.41, 5.74) is 6.17. The highest BCUT2D eigenvalue weighted by Gasteiger charge is 2.24. The molecule has 0 aliphatic carbocycles. The smallest absolute Gasteiger partial charge is 0.253 e. The minimum atomic E-state index is 0. The molecule has 5 nitrogen and oxygen atoms in total. The van der Waals surface area contributed by atoms with Crippen molar-refractivity contribution in [2.24, 2.45) is 0 Å². The first-order chi connectivity index (χ1) is 16.9. The molecule has 0 saturated carbocycles. The minimum absolute atomic E-state index is 0. The van der Waals surface area contributed by atoms with Crippen LogP contribution in [-0.2, 0) is 6.54 Å². The fourth-order valence-electron chi connectivity index (χ4n) is 5.07. The van der Waals surface area contributed by atoms with Crippen molar-refractivity contribution in [3.63, 3.8) is 0 Å². The number of hydrogen-bond acceptors (Lipinski definition) is 3. The molecule has 3 aromatic rings. The van der Waals surface area contributed by atoms with Crippen molar-refractivity contribution in [1.82, 2.24) is 14.8 Å². The van der Waals surface area contributed by atoms with Crippen molar-refractivity contribution in [3.05, 3.63) is 75.4 Å². The molecule has 8 heteroatoms. The van der Waals surface area contributed by atoms with Gasteiger partial charge in [0.25, 0.3) is 5.91 Å². The molecular formula is C28H35Cl3N4O. The first kappa shape index (κ1) is 28.4. The maximum absolute atomic E-state index is 13.3. The van der Waals surface area contributed by atoms with Gasteiger partial charge >= 0.3 is 0 Å². The molecule has 0 radical (unpaired) electrons. The molecule has 1 N–H and O–H groups in total. The Labute approximate surface area is 230 Å². The number of anilines is 1. The summed E-state index contributed by atoms with van der Waals surface area (Å²) >= 11 is 12.6. The highest BCUT2D eigenvalue weighted by Crippen LogP contribution is 2.33. The predicted molar refractivity (Wildman–Crippen MR) is 154 cm³/mol. The van der Waals surface area contributed by atoms with Gasteiger partial charge in [-0.05, 0) is 43.5 Å². The van der Waals surface area contributed by atoms with Crippen LogP contribution in [0.3, 0.4) is 0 Å². The maximum atomic E-state index is 13.3. The lowest BCUT2D eigenvalue weighted by Crippen LogP contribution is -2.48. The van der Waals surface area contributed by atoms with Crippen molar-refractivity contribution in [2.75, 3.05) is 44.2 Å². The van der Waals surface area contributed by atoms with Gasteiger partial charge in [-0.2, -0.15) is 0 Å². The Morgan fingerprint density at radius 2 is 1.64 bits per heavy atom. The van der Waals surface area contributed by atoms with Crippen LogP contribution in [0.5, 0.6) is 0 Å². The zero-order valence-electron chi connectivity index (χ0n) is 21.2. The third-order valence-corrected chi connectivity index (χ3v) is 7.66. The number of carbonyl (C=O) groups excluding carboxylic acids is 1. The SMILES string of the molecule is CCCn1c(C)c(C(=O)NCCN2CCN(c3cccc(Cl)c3Cl)CC2)c(C)c1-c1ccccc1.Cl. The molecule has 1 aromatic heterocycles. The molecule has 36 heavy (non-hydrogen) atoms. The van der Waals surface area contributed by atoms with Crippen LogP contribution in [0.15, 0.2) is 48.5 Å². The van der Waals surface area contributed by atoms with E-state index in [0.29, 0.717) is 16.6 Å². The Balaban J connectivity index is 0.00000361. The van der Waals surface area contributed by atoms with Gasteiger partial charge in [-0.1, -0.05) is 66.5 Å². The topological polar surface area (TPSA) is 40.5 Å². The number of benzene rings is 2. The molecule has 194 valence electrons. The number of hydrogen-bond donors (Lipinski definition) is 1. The number of carbonyl (C=O) groups is 1. The second-order valence-corrected chi connectivity index (χ2v) is 9.89. The molecule has 0 unspecified atom stereocenters. The van der Waals surface area contributed by atoms with E-state index in [4.69, 9.17) is 23.2 Å². The standard InChI is InChI=1S/C28H34Cl2N4O.ClH/c1-4-14-34-21(3)25(20(2)27(34)22-9-6-5-7-10-22)28(35)31-13-15-32-16-18-33(19-17-32)24-12-8-11-23(29)26(24)30;/h5-12H,4,13-19H2,1-3H3,(H,31,35);1H. The molecule has 0 spiro atoms. The van der Waals surface area contributed by atoms with E-state index >= 15 is 0 Å². The van der Waals surface area contributed by atoms with Crippen molar-refractivity contribution in [1.29, 1.82) is 0 Å². The molecule has 2 heterocycles. The van der Waals surface area contributed by atoms with Crippen LogP contribution in [0.1, 0.15) is 35.0 Å². The number of piperazine rings is 1. The summed E-state index contributed by atoms with van der Waals surface area (Å²) in [7, 11) is 0. The average molecular weight is 550 g/mol. The molecule has 1 fully saturated rings. The summed E-state index contributed by atoms with van der Waals surface area (Å²) < 4.78 is 2.29. The third kappa shape index (κ3) is 6.03. The lowest BCUT2D eigenvalue weighted by molar-refractivity contribution is 0.0946. The fourth-order valence-corrected chi connectivity index (χ4v) is 5.48. The van der Waals surface area contributed by atoms with E-state index in [2.05, 4.69) is 52.6 Å². The monoisotopic (exact) mass is 548 g/mol. The molecule has 2 aromatic carbocycles. The van der Waals surface area contributed by atoms with Crippen molar-refractivity contribution in [3.8, 4) is 11.3 Å². The van der Waals surface area contributed by atoms with Crippen molar-refractivity contribution >= 4 is 47.2 Å². The Morgan fingerprint density at radius 1 is 0.944 bits per heavy atom. The number of aromatic nitrogens is 1. The normalized spacial score (nSPS) is 14.0. The number of rotatable bonds is 8. The van der Waals surface area contributed by atoms with Gasteiger partial charge in [0.2, 0.25) is 0 Å². The van der Waals surface area contributed by atoms with Crippen LogP contribution in [-0.4, -0.2) is 54.6 Å².